The fraction of sp³-hybridized carbons (Fsp3) is 0.350. The van der Waals surface area contributed by atoms with Crippen LogP contribution in [0, 0.1) is 0 Å². The molecule has 0 aromatic heterocycles. The molecule has 6 heteroatoms. The van der Waals surface area contributed by atoms with Crippen LogP contribution in [0.3, 0.4) is 0 Å². The van der Waals surface area contributed by atoms with Crippen LogP contribution < -0.4 is 0 Å². The maximum atomic E-state index is 11.7. The number of hydrogen-bond donors (Lipinski definition) is 1. The van der Waals surface area contributed by atoms with Crippen molar-refractivity contribution in [3.63, 3.8) is 0 Å². The summed E-state index contributed by atoms with van der Waals surface area (Å²) in [6.45, 7) is -0.249. The monoisotopic (exact) mass is 356 g/mol. The Morgan fingerprint density at radius 1 is 0.769 bits per heavy atom. The SMILES string of the molecule is O=CC1OC(c2ccccc2)OC2C(CO)OC(c3ccccc3)OC12. The number of ether oxygens (including phenoxy) is 4. The third kappa shape index (κ3) is 3.30. The quantitative estimate of drug-likeness (QED) is 0.846. The summed E-state index contributed by atoms with van der Waals surface area (Å²) < 4.78 is 23.7. The lowest BCUT2D eigenvalue weighted by Gasteiger charge is -2.47. The standard InChI is InChI=1S/C20H20O6/c21-11-15-18-17(25-19(23-15)13-7-3-1-4-8-13)16(12-22)24-20(26-18)14-9-5-2-6-10-14/h1-11,15-20,22H,12H2. The zero-order valence-corrected chi connectivity index (χ0v) is 14.0. The first kappa shape index (κ1) is 17.3. The largest absolute Gasteiger partial charge is 0.394 e. The summed E-state index contributed by atoms with van der Waals surface area (Å²) in [5.41, 5.74) is 1.60. The number of hydrogen-bond acceptors (Lipinski definition) is 6. The number of aldehydes is 1. The van der Waals surface area contributed by atoms with Gasteiger partial charge in [-0.2, -0.15) is 0 Å². The van der Waals surface area contributed by atoms with Gasteiger partial charge in [0.2, 0.25) is 0 Å². The van der Waals surface area contributed by atoms with Gasteiger partial charge in [0.15, 0.2) is 18.9 Å². The Hall–Kier alpha value is -2.09. The Morgan fingerprint density at radius 2 is 1.31 bits per heavy atom. The smallest absolute Gasteiger partial charge is 0.185 e. The van der Waals surface area contributed by atoms with Crippen molar-refractivity contribution in [3.8, 4) is 0 Å². The van der Waals surface area contributed by atoms with Crippen molar-refractivity contribution in [2.24, 2.45) is 0 Å². The molecule has 136 valence electrons. The number of aliphatic hydroxyl groups excluding tert-OH is 1. The molecule has 0 saturated carbocycles. The van der Waals surface area contributed by atoms with E-state index in [4.69, 9.17) is 18.9 Å². The molecule has 4 rings (SSSR count). The van der Waals surface area contributed by atoms with Gasteiger partial charge in [-0.1, -0.05) is 60.7 Å². The molecule has 26 heavy (non-hydrogen) atoms. The molecule has 2 fully saturated rings. The Bertz CT molecular complexity index is 722. The summed E-state index contributed by atoms with van der Waals surface area (Å²) in [5.74, 6) is 0. The molecule has 2 saturated heterocycles. The molecule has 0 bridgehead atoms. The zero-order chi connectivity index (χ0) is 17.9. The third-order valence-electron chi connectivity index (χ3n) is 4.61. The molecule has 0 radical (unpaired) electrons. The lowest BCUT2D eigenvalue weighted by Crippen LogP contribution is -2.59. The topological polar surface area (TPSA) is 74.2 Å². The van der Waals surface area contributed by atoms with E-state index < -0.39 is 37.0 Å². The Labute approximate surface area is 151 Å². The first-order valence-corrected chi connectivity index (χ1v) is 8.58. The lowest BCUT2D eigenvalue weighted by molar-refractivity contribution is -0.377. The zero-order valence-electron chi connectivity index (χ0n) is 14.0. The highest BCUT2D eigenvalue weighted by molar-refractivity contribution is 5.57. The molecule has 6 unspecified atom stereocenters. The normalized spacial score (nSPS) is 34.0. The summed E-state index contributed by atoms with van der Waals surface area (Å²) in [6, 6.07) is 18.7. The molecule has 6 nitrogen and oxygen atoms in total. The van der Waals surface area contributed by atoms with E-state index in [1.54, 1.807) is 0 Å². The number of benzene rings is 2. The van der Waals surface area contributed by atoms with E-state index in [9.17, 15) is 9.90 Å². The fourth-order valence-electron chi connectivity index (χ4n) is 3.32. The Kier molecular flexibility index (Phi) is 5.10. The molecule has 0 amide bonds. The molecular formula is C20H20O6. The van der Waals surface area contributed by atoms with Crippen molar-refractivity contribution in [1.29, 1.82) is 0 Å². The predicted octanol–water partition coefficient (Wildman–Crippen LogP) is 2.14. The van der Waals surface area contributed by atoms with Crippen LogP contribution in [0.4, 0.5) is 0 Å². The summed E-state index contributed by atoms with van der Waals surface area (Å²) >= 11 is 0. The Morgan fingerprint density at radius 3 is 1.85 bits per heavy atom. The van der Waals surface area contributed by atoms with Crippen LogP contribution in [-0.2, 0) is 23.7 Å². The highest BCUT2D eigenvalue weighted by Crippen LogP contribution is 2.39. The molecule has 0 spiro atoms. The van der Waals surface area contributed by atoms with E-state index in [1.165, 1.54) is 0 Å². The van der Waals surface area contributed by atoms with Crippen LogP contribution in [0.1, 0.15) is 23.7 Å². The van der Waals surface area contributed by atoms with E-state index >= 15 is 0 Å². The second-order valence-electron chi connectivity index (χ2n) is 6.28. The average Bonchev–Trinajstić information content (AvgIpc) is 2.73. The van der Waals surface area contributed by atoms with Crippen molar-refractivity contribution in [2.75, 3.05) is 6.61 Å². The first-order valence-electron chi connectivity index (χ1n) is 8.58. The number of carbonyl (C=O) groups is 1. The number of carbonyl (C=O) groups excluding carboxylic acids is 1. The van der Waals surface area contributed by atoms with Crippen LogP contribution in [0.15, 0.2) is 60.7 Å². The summed E-state index contributed by atoms with van der Waals surface area (Å²) in [4.78, 5) is 11.7. The molecule has 2 aliphatic rings. The minimum atomic E-state index is -0.817. The van der Waals surface area contributed by atoms with Crippen LogP contribution in [0.5, 0.6) is 0 Å². The second-order valence-corrected chi connectivity index (χ2v) is 6.28. The van der Waals surface area contributed by atoms with Gasteiger partial charge in [0.25, 0.3) is 0 Å². The maximum Gasteiger partial charge on any atom is 0.185 e. The molecule has 6 atom stereocenters. The van der Waals surface area contributed by atoms with Gasteiger partial charge < -0.3 is 28.8 Å². The van der Waals surface area contributed by atoms with E-state index in [0.717, 1.165) is 17.4 Å². The van der Waals surface area contributed by atoms with Gasteiger partial charge in [-0.25, -0.2) is 0 Å². The van der Waals surface area contributed by atoms with Crippen LogP contribution in [0.25, 0.3) is 0 Å². The fourth-order valence-corrected chi connectivity index (χ4v) is 3.32. The lowest BCUT2D eigenvalue weighted by atomic mass is 9.99. The van der Waals surface area contributed by atoms with Crippen molar-refractivity contribution in [3.05, 3.63) is 71.8 Å². The third-order valence-corrected chi connectivity index (χ3v) is 4.61. The van der Waals surface area contributed by atoms with Gasteiger partial charge in [-0.05, 0) is 0 Å². The number of fused-ring (bicyclic) bond motifs is 1. The summed E-state index contributed by atoms with van der Waals surface area (Å²) in [7, 11) is 0. The average molecular weight is 356 g/mol. The van der Waals surface area contributed by atoms with Crippen molar-refractivity contribution in [1.82, 2.24) is 0 Å². The predicted molar refractivity (Wildman–Crippen MR) is 91.0 cm³/mol. The molecular weight excluding hydrogens is 336 g/mol. The van der Waals surface area contributed by atoms with Gasteiger partial charge in [0, 0.05) is 11.1 Å². The molecule has 1 N–H and O–H groups in total. The van der Waals surface area contributed by atoms with Crippen LogP contribution >= 0.6 is 0 Å². The molecule has 0 aliphatic carbocycles. The van der Waals surface area contributed by atoms with E-state index in [0.29, 0.717) is 0 Å². The van der Waals surface area contributed by atoms with Gasteiger partial charge in [-0.3, -0.25) is 0 Å². The minimum Gasteiger partial charge on any atom is -0.394 e. The summed E-state index contributed by atoms with van der Waals surface area (Å²) in [5, 5.41) is 9.82. The van der Waals surface area contributed by atoms with Gasteiger partial charge in [0.1, 0.15) is 24.4 Å². The molecule has 2 aromatic carbocycles. The highest BCUT2D eigenvalue weighted by Gasteiger charge is 2.50. The molecule has 2 aliphatic heterocycles. The first-order chi connectivity index (χ1) is 12.8. The number of rotatable bonds is 4. The summed E-state index contributed by atoms with van der Waals surface area (Å²) in [6.07, 6.45) is -3.42. The van der Waals surface area contributed by atoms with Gasteiger partial charge in [-0.15, -0.1) is 0 Å². The Balaban J connectivity index is 1.60. The molecule has 2 heterocycles. The van der Waals surface area contributed by atoms with E-state index in [2.05, 4.69) is 0 Å². The van der Waals surface area contributed by atoms with Gasteiger partial charge in [0.05, 0.1) is 6.61 Å². The number of aliphatic hydroxyl groups is 1. The maximum absolute atomic E-state index is 11.7. The second kappa shape index (κ2) is 7.65. The van der Waals surface area contributed by atoms with E-state index in [-0.39, 0.29) is 6.61 Å². The van der Waals surface area contributed by atoms with Crippen LogP contribution in [-0.4, -0.2) is 42.4 Å². The van der Waals surface area contributed by atoms with Crippen molar-refractivity contribution in [2.45, 2.75) is 37.0 Å². The minimum absolute atomic E-state index is 0.249. The van der Waals surface area contributed by atoms with Crippen LogP contribution in [0.2, 0.25) is 0 Å². The van der Waals surface area contributed by atoms with Crippen molar-refractivity contribution < 1.29 is 28.8 Å². The molecule has 2 aromatic rings. The van der Waals surface area contributed by atoms with Crippen molar-refractivity contribution >= 4 is 6.29 Å². The van der Waals surface area contributed by atoms with E-state index in [1.807, 2.05) is 60.7 Å². The van der Waals surface area contributed by atoms with Gasteiger partial charge >= 0.3 is 0 Å². The highest BCUT2D eigenvalue weighted by atomic mass is 16.8.